The van der Waals surface area contributed by atoms with Crippen molar-refractivity contribution in [2.24, 2.45) is 0 Å². The maximum atomic E-state index is 3.66. The van der Waals surface area contributed by atoms with Crippen LogP contribution in [0.5, 0.6) is 0 Å². The first kappa shape index (κ1) is 10.2. The molecule has 0 aromatic carbocycles. The number of pyridine rings is 1. The summed E-state index contributed by atoms with van der Waals surface area (Å²) in [5, 5.41) is 0. The minimum Gasteiger partial charge on any atom is -0.255 e. The van der Waals surface area contributed by atoms with Crippen molar-refractivity contribution in [3.63, 3.8) is 0 Å². The molecule has 0 aliphatic carbocycles. The summed E-state index contributed by atoms with van der Waals surface area (Å²) in [6.07, 6.45) is 4.34. The fourth-order valence-electron chi connectivity index (χ4n) is 0.277. The Hall–Kier alpha value is 1.23. The molecule has 0 amide bonds. The number of hydrogen-bond donors (Lipinski definition) is 0. The smallest absolute Gasteiger partial charge is 0.0886 e. The predicted molar refractivity (Wildman–Crippen MR) is 51.1 cm³/mol. The number of halogens is 2. The van der Waals surface area contributed by atoms with Gasteiger partial charge in [-0.2, -0.15) is 0 Å². The number of rotatable bonds is 0. The molecule has 0 saturated heterocycles. The van der Waals surface area contributed by atoms with E-state index in [-0.39, 0.29) is 10.1 Å². The molecule has 4 heteroatoms. The van der Waals surface area contributed by atoms with E-state index in [0.29, 0.717) is 0 Å². The normalized spacial score (nSPS) is 6.44. The zero-order chi connectivity index (χ0) is 6.95. The zero-order valence-electron chi connectivity index (χ0n) is 4.72. The van der Waals surface area contributed by atoms with Gasteiger partial charge in [0.25, 0.3) is 0 Å². The number of aromatic nitrogens is 1. The topological polar surface area (TPSA) is 12.9 Å². The Morgan fingerprint density at radius 3 is 2.11 bits per heavy atom. The first-order valence-corrected chi connectivity index (χ1v) is 20.4. The van der Waals surface area contributed by atoms with E-state index in [4.69, 9.17) is 0 Å². The van der Waals surface area contributed by atoms with E-state index >= 15 is 0 Å². The Balaban J connectivity index is 0.000000187. The van der Waals surface area contributed by atoms with E-state index in [2.05, 4.69) is 50.7 Å². The Morgan fingerprint density at radius 1 is 1.33 bits per heavy atom. The fourth-order valence-corrected chi connectivity index (χ4v) is 0.277. The predicted octanol–water partition coefficient (Wildman–Crippen LogP) is 2.65. The van der Waals surface area contributed by atoms with E-state index in [1.54, 1.807) is 12.3 Å². The van der Waals surface area contributed by atoms with Gasteiger partial charge >= 0.3 is 49.6 Å². The Morgan fingerprint density at radius 2 is 2.00 bits per heavy atom. The minimum absolute atomic E-state index is 0.0650. The summed E-state index contributed by atoms with van der Waals surface area (Å²) in [6, 6.07) is 5.50. The summed E-state index contributed by atoms with van der Waals surface area (Å²) in [4.78, 5) is 3.66. The first-order valence-electron chi connectivity index (χ1n) is 2.31. The average Bonchev–Trinajstić information content (AvgIpc) is 1.93. The summed E-state index contributed by atoms with van der Waals surface area (Å²) in [5.41, 5.74) is 0. The van der Waals surface area contributed by atoms with Gasteiger partial charge in [0.05, 0.1) is 6.20 Å². The largest absolute Gasteiger partial charge is 0.255 e. The molecule has 0 N–H and O–H groups in total. The van der Waals surface area contributed by atoms with Crippen LogP contribution in [0.15, 0.2) is 24.4 Å². The molecule has 9 heavy (non-hydrogen) atoms. The van der Waals surface area contributed by atoms with Gasteiger partial charge < -0.3 is 0 Å². The van der Waals surface area contributed by atoms with Gasteiger partial charge in [-0.3, -0.25) is 4.98 Å². The summed E-state index contributed by atoms with van der Waals surface area (Å²) >= 11 is 4.93. The van der Waals surface area contributed by atoms with Crippen molar-refractivity contribution in [3.05, 3.63) is 30.6 Å². The molecular weight excluding hydrogens is 393 g/mol. The van der Waals surface area contributed by atoms with Crippen LogP contribution in [0.4, 0.5) is 0 Å². The number of nitrogens with zero attached hydrogens (tertiary/aromatic N) is 1. The molecule has 0 atom stereocenters. The molecule has 45 valence electrons. The third-order valence-corrected chi connectivity index (χ3v) is 0.517. The second kappa shape index (κ2) is 9.23. The van der Waals surface area contributed by atoms with Gasteiger partial charge in [0.2, 0.25) is 0 Å². The third-order valence-electron chi connectivity index (χ3n) is 0.517. The van der Waals surface area contributed by atoms with Crippen molar-refractivity contribution in [1.82, 2.24) is 4.98 Å². The molecule has 1 rings (SSSR count). The van der Waals surface area contributed by atoms with Gasteiger partial charge in [-0.1, -0.05) is 6.07 Å². The molecule has 0 bridgehead atoms. The van der Waals surface area contributed by atoms with Crippen LogP contribution in [0, 0.1) is 6.20 Å². The summed E-state index contributed by atoms with van der Waals surface area (Å²) < 4.78 is 0. The second-order valence-electron chi connectivity index (χ2n) is 1.06. The van der Waals surface area contributed by atoms with Crippen LogP contribution >= 0.6 is 39.5 Å². The number of hydrogen-bond acceptors (Lipinski definition) is 1. The maximum absolute atomic E-state index is 3.66. The maximum Gasteiger partial charge on any atom is 0.0886 e. The van der Waals surface area contributed by atoms with Crippen molar-refractivity contribution < 1.29 is 10.1 Å². The molecule has 1 heterocycles. The summed E-state index contributed by atoms with van der Waals surface area (Å²) in [6.45, 7) is 0. The molecule has 0 aliphatic heterocycles. The van der Waals surface area contributed by atoms with Gasteiger partial charge in [-0.15, -0.1) is 0 Å². The Bertz CT molecular complexity index is 97.8. The van der Waals surface area contributed by atoms with E-state index in [1.807, 2.05) is 12.1 Å². The summed E-state index contributed by atoms with van der Waals surface area (Å²) in [7, 11) is 0.0650. The van der Waals surface area contributed by atoms with Crippen molar-refractivity contribution in [2.45, 2.75) is 0 Å². The second-order valence-corrected chi connectivity index (χ2v) is 24.6. The van der Waals surface area contributed by atoms with E-state index in [9.17, 15) is 0 Å². The van der Waals surface area contributed by atoms with Crippen LogP contribution in [-0.4, -0.2) is 4.98 Å². The van der Waals surface area contributed by atoms with Gasteiger partial charge in [0, 0.05) is 6.20 Å². The van der Waals surface area contributed by atoms with E-state index in [1.165, 1.54) is 0 Å². The average molecular weight is 397 g/mol. The SMILES string of the molecule is [I][Zn][I].[c]1ccccn1. The quantitative estimate of drug-likeness (QED) is 0.485. The fraction of sp³-hybridized carbons (Fsp3) is 0. The van der Waals surface area contributed by atoms with Crippen molar-refractivity contribution in [1.29, 1.82) is 0 Å². The molecule has 0 saturated carbocycles. The van der Waals surface area contributed by atoms with Gasteiger partial charge in [0.1, 0.15) is 0 Å². The first-order chi connectivity index (χ1) is 4.41. The monoisotopic (exact) mass is 396 g/mol. The standard InChI is InChI=1S/C5H4N.2HI.Zn/c1-2-4-6-5-3-1;;;/h1-4H;2*1H;/q;;;+2/p-2. The van der Waals surface area contributed by atoms with Crippen molar-refractivity contribution in [2.75, 3.05) is 0 Å². The van der Waals surface area contributed by atoms with Crippen LogP contribution in [0.2, 0.25) is 0 Å². The van der Waals surface area contributed by atoms with E-state index in [0.717, 1.165) is 0 Å². The van der Waals surface area contributed by atoms with Gasteiger partial charge in [0.15, 0.2) is 0 Å². The molecule has 0 unspecified atom stereocenters. The zero-order valence-corrected chi connectivity index (χ0v) is 12.0. The third kappa shape index (κ3) is 9.23. The molecule has 0 fully saturated rings. The van der Waals surface area contributed by atoms with Crippen molar-refractivity contribution in [3.8, 4) is 0 Å². The van der Waals surface area contributed by atoms with Gasteiger partial charge in [-0.05, 0) is 12.1 Å². The molecule has 1 aromatic heterocycles. The van der Waals surface area contributed by atoms with Crippen molar-refractivity contribution >= 4 is 39.5 Å². The summed E-state index contributed by atoms with van der Waals surface area (Å²) in [5.74, 6) is 0. The molecule has 1 aromatic rings. The van der Waals surface area contributed by atoms with Crippen LogP contribution < -0.4 is 0 Å². The molecule has 0 aliphatic rings. The molecular formula is C5H4I2NZn. The van der Waals surface area contributed by atoms with Crippen LogP contribution in [0.1, 0.15) is 0 Å². The Kier molecular flexibility index (Phi) is 10.5. The van der Waals surface area contributed by atoms with E-state index < -0.39 is 0 Å². The van der Waals surface area contributed by atoms with Crippen LogP contribution in [0.25, 0.3) is 0 Å². The molecule has 0 spiro atoms. The molecule has 1 radical (unpaired) electrons. The Labute approximate surface area is 84.0 Å². The van der Waals surface area contributed by atoms with Crippen LogP contribution in [0.3, 0.4) is 0 Å². The van der Waals surface area contributed by atoms with Crippen LogP contribution in [-0.2, 0) is 10.1 Å². The van der Waals surface area contributed by atoms with Gasteiger partial charge in [-0.25, -0.2) is 0 Å². The molecule has 1 nitrogen and oxygen atoms in total. The minimum atomic E-state index is 0.0650.